The maximum absolute atomic E-state index is 13.1. The van der Waals surface area contributed by atoms with Crippen LogP contribution in [0.5, 0.6) is 0 Å². The van der Waals surface area contributed by atoms with E-state index in [2.05, 4.69) is 32.7 Å². The molecule has 2 aromatic rings. The summed E-state index contributed by atoms with van der Waals surface area (Å²) in [7, 11) is 0. The van der Waals surface area contributed by atoms with E-state index >= 15 is 0 Å². The topological polar surface area (TPSA) is 86.8 Å². The van der Waals surface area contributed by atoms with Crippen LogP contribution in [0.1, 0.15) is 41.7 Å². The van der Waals surface area contributed by atoms with Gasteiger partial charge in [0.2, 0.25) is 0 Å². The van der Waals surface area contributed by atoms with E-state index in [0.717, 1.165) is 25.5 Å². The lowest BCUT2D eigenvalue weighted by Gasteiger charge is -2.36. The number of piperazine rings is 1. The molecular formula is C24H31N5O3. The Morgan fingerprint density at radius 3 is 2.66 bits per heavy atom. The van der Waals surface area contributed by atoms with Crippen molar-refractivity contribution in [1.29, 1.82) is 0 Å². The molecule has 1 aromatic heterocycles. The van der Waals surface area contributed by atoms with Gasteiger partial charge in [-0.05, 0) is 37.5 Å². The van der Waals surface area contributed by atoms with E-state index < -0.39 is 0 Å². The number of rotatable bonds is 5. The Balaban J connectivity index is 1.40. The molecule has 1 aromatic carbocycles. The Bertz CT molecular complexity index is 915. The van der Waals surface area contributed by atoms with Gasteiger partial charge in [-0.1, -0.05) is 30.3 Å². The molecule has 8 heteroatoms. The van der Waals surface area contributed by atoms with E-state index in [0.29, 0.717) is 38.1 Å². The highest BCUT2D eigenvalue weighted by molar-refractivity contribution is 5.99. The van der Waals surface area contributed by atoms with Gasteiger partial charge < -0.3 is 25.2 Å². The number of nitrogens with one attached hydrogen (secondary N) is 2. The standard InChI is InChI=1S/C24H31N5O3/c1-2-32-24(31)28-14-10-19(11-15-28)27-23(30)20-9-6-12-26-22(20)29-16-13-25-21(17-29)18-7-4-3-5-8-18/h3-9,12,19,21,25H,2,10-11,13-17H2,1H3,(H,27,30)/t21-/m0/s1. The van der Waals surface area contributed by atoms with Crippen LogP contribution in [0, 0.1) is 0 Å². The molecule has 0 bridgehead atoms. The normalized spacial score (nSPS) is 19.5. The van der Waals surface area contributed by atoms with E-state index in [1.54, 1.807) is 24.1 Å². The number of benzene rings is 1. The van der Waals surface area contributed by atoms with Crippen LogP contribution in [0.2, 0.25) is 0 Å². The predicted molar refractivity (Wildman–Crippen MR) is 123 cm³/mol. The number of likely N-dealkylation sites (tertiary alicyclic amines) is 1. The number of carbonyl (C=O) groups excluding carboxylic acids is 2. The zero-order valence-corrected chi connectivity index (χ0v) is 18.5. The molecule has 170 valence electrons. The van der Waals surface area contributed by atoms with Crippen LogP contribution in [0.25, 0.3) is 0 Å². The smallest absolute Gasteiger partial charge is 0.409 e. The summed E-state index contributed by atoms with van der Waals surface area (Å²) in [5.41, 5.74) is 1.82. The molecule has 0 radical (unpaired) electrons. The van der Waals surface area contributed by atoms with Crippen LogP contribution in [0.4, 0.5) is 10.6 Å². The highest BCUT2D eigenvalue weighted by Gasteiger charge is 2.28. The van der Waals surface area contributed by atoms with Crippen molar-refractivity contribution in [1.82, 2.24) is 20.5 Å². The van der Waals surface area contributed by atoms with Gasteiger partial charge in [0.1, 0.15) is 5.82 Å². The van der Waals surface area contributed by atoms with Crippen molar-refractivity contribution in [2.45, 2.75) is 31.8 Å². The lowest BCUT2D eigenvalue weighted by Crippen LogP contribution is -2.48. The summed E-state index contributed by atoms with van der Waals surface area (Å²) >= 11 is 0. The third kappa shape index (κ3) is 5.19. The van der Waals surface area contributed by atoms with E-state index in [9.17, 15) is 9.59 Å². The Kier molecular flexibility index (Phi) is 7.21. The monoisotopic (exact) mass is 437 g/mol. The molecule has 3 heterocycles. The quantitative estimate of drug-likeness (QED) is 0.748. The minimum absolute atomic E-state index is 0.0290. The zero-order valence-electron chi connectivity index (χ0n) is 18.5. The highest BCUT2D eigenvalue weighted by Crippen LogP contribution is 2.24. The molecule has 1 atom stereocenters. The van der Waals surface area contributed by atoms with Crippen LogP contribution in [-0.2, 0) is 4.74 Å². The number of nitrogens with zero attached hydrogens (tertiary/aromatic N) is 3. The number of amides is 2. The number of ether oxygens (including phenoxy) is 1. The van der Waals surface area contributed by atoms with Gasteiger partial charge in [0.15, 0.2) is 0 Å². The van der Waals surface area contributed by atoms with Crippen LogP contribution in [0.3, 0.4) is 0 Å². The second kappa shape index (κ2) is 10.5. The van der Waals surface area contributed by atoms with Gasteiger partial charge in [-0.25, -0.2) is 9.78 Å². The van der Waals surface area contributed by atoms with E-state index in [4.69, 9.17) is 4.74 Å². The van der Waals surface area contributed by atoms with Crippen molar-refractivity contribution < 1.29 is 14.3 Å². The summed E-state index contributed by atoms with van der Waals surface area (Å²) in [4.78, 5) is 33.5. The van der Waals surface area contributed by atoms with Gasteiger partial charge in [0, 0.05) is 51.0 Å². The molecule has 4 rings (SSSR count). The van der Waals surface area contributed by atoms with Crippen molar-refractivity contribution in [2.24, 2.45) is 0 Å². The maximum Gasteiger partial charge on any atom is 0.409 e. The summed E-state index contributed by atoms with van der Waals surface area (Å²) in [5.74, 6) is 0.605. The summed E-state index contributed by atoms with van der Waals surface area (Å²) in [6.45, 7) is 5.70. The number of aromatic nitrogens is 1. The fourth-order valence-electron chi connectivity index (χ4n) is 4.36. The molecule has 0 aliphatic carbocycles. The number of hydrogen-bond acceptors (Lipinski definition) is 6. The fourth-order valence-corrected chi connectivity index (χ4v) is 4.36. The second-order valence-electron chi connectivity index (χ2n) is 8.17. The van der Waals surface area contributed by atoms with Crippen LogP contribution in [0.15, 0.2) is 48.7 Å². The van der Waals surface area contributed by atoms with E-state index in [-0.39, 0.29) is 24.1 Å². The summed E-state index contributed by atoms with van der Waals surface area (Å²) in [6.07, 6.45) is 2.88. The Morgan fingerprint density at radius 1 is 1.12 bits per heavy atom. The van der Waals surface area contributed by atoms with Crippen molar-refractivity contribution in [3.63, 3.8) is 0 Å². The van der Waals surface area contributed by atoms with Gasteiger partial charge in [-0.2, -0.15) is 0 Å². The van der Waals surface area contributed by atoms with Crippen molar-refractivity contribution in [3.8, 4) is 0 Å². The molecule has 2 N–H and O–H groups in total. The lowest BCUT2D eigenvalue weighted by atomic mass is 10.0. The molecule has 32 heavy (non-hydrogen) atoms. The van der Waals surface area contributed by atoms with Gasteiger partial charge in [0.05, 0.1) is 12.2 Å². The average Bonchev–Trinajstić information content (AvgIpc) is 2.85. The predicted octanol–water partition coefficient (Wildman–Crippen LogP) is 2.58. The van der Waals surface area contributed by atoms with Crippen molar-refractivity contribution >= 4 is 17.8 Å². The lowest BCUT2D eigenvalue weighted by molar-refractivity contribution is 0.0860. The fraction of sp³-hybridized carbons (Fsp3) is 0.458. The summed E-state index contributed by atoms with van der Waals surface area (Å²) in [6, 6.07) is 14.2. The summed E-state index contributed by atoms with van der Waals surface area (Å²) < 4.78 is 5.07. The maximum atomic E-state index is 13.1. The first-order chi connectivity index (χ1) is 15.7. The number of anilines is 1. The molecule has 0 unspecified atom stereocenters. The molecule has 2 amide bonds. The van der Waals surface area contributed by atoms with E-state index in [1.165, 1.54) is 5.56 Å². The highest BCUT2D eigenvalue weighted by atomic mass is 16.6. The average molecular weight is 438 g/mol. The SMILES string of the molecule is CCOC(=O)N1CCC(NC(=O)c2cccnc2N2CCN[C@H](c3ccccc3)C2)CC1. The van der Waals surface area contributed by atoms with Crippen molar-refractivity contribution in [3.05, 3.63) is 59.8 Å². The third-order valence-electron chi connectivity index (χ3n) is 6.06. The summed E-state index contributed by atoms with van der Waals surface area (Å²) in [5, 5.41) is 6.71. The van der Waals surface area contributed by atoms with Crippen molar-refractivity contribution in [2.75, 3.05) is 44.2 Å². The Morgan fingerprint density at radius 2 is 1.91 bits per heavy atom. The molecule has 2 aliphatic rings. The van der Waals surface area contributed by atoms with Gasteiger partial charge in [-0.15, -0.1) is 0 Å². The molecule has 8 nitrogen and oxygen atoms in total. The number of hydrogen-bond donors (Lipinski definition) is 2. The minimum Gasteiger partial charge on any atom is -0.450 e. The molecule has 2 aliphatic heterocycles. The molecule has 2 fully saturated rings. The Hall–Kier alpha value is -3.13. The van der Waals surface area contributed by atoms with Crippen LogP contribution >= 0.6 is 0 Å². The number of piperidine rings is 1. The van der Waals surface area contributed by atoms with Gasteiger partial charge in [0.25, 0.3) is 5.91 Å². The zero-order chi connectivity index (χ0) is 22.3. The number of pyridine rings is 1. The Labute approximate surface area is 188 Å². The first-order valence-corrected chi connectivity index (χ1v) is 11.4. The largest absolute Gasteiger partial charge is 0.450 e. The van der Waals surface area contributed by atoms with E-state index in [1.807, 2.05) is 24.3 Å². The molecule has 0 spiro atoms. The molecule has 0 saturated carbocycles. The number of carbonyl (C=O) groups is 2. The molecular weight excluding hydrogens is 406 g/mol. The van der Waals surface area contributed by atoms with Crippen LogP contribution < -0.4 is 15.5 Å². The molecule has 2 saturated heterocycles. The first-order valence-electron chi connectivity index (χ1n) is 11.4. The second-order valence-corrected chi connectivity index (χ2v) is 8.17. The minimum atomic E-state index is -0.279. The van der Waals surface area contributed by atoms with Gasteiger partial charge >= 0.3 is 6.09 Å². The first kappa shape index (κ1) is 22.1. The van der Waals surface area contributed by atoms with Gasteiger partial charge in [-0.3, -0.25) is 4.79 Å². The third-order valence-corrected chi connectivity index (χ3v) is 6.06. The van der Waals surface area contributed by atoms with Crippen LogP contribution in [-0.4, -0.2) is 67.3 Å².